The molecule has 0 atom stereocenters. The third-order valence-corrected chi connectivity index (χ3v) is 4.99. The molecule has 0 aliphatic carbocycles. The molecule has 0 bridgehead atoms. The SMILES string of the molecule is CSc1cccc(NC(N)=Nc2ccccc2SCCCl)c1. The molecule has 116 valence electrons. The molecule has 0 aromatic heterocycles. The minimum Gasteiger partial charge on any atom is -0.369 e. The maximum absolute atomic E-state index is 6.02. The van der Waals surface area contributed by atoms with E-state index in [1.165, 1.54) is 4.90 Å². The number of guanidine groups is 1. The lowest BCUT2D eigenvalue weighted by atomic mass is 10.3. The van der Waals surface area contributed by atoms with Gasteiger partial charge in [0.05, 0.1) is 5.69 Å². The number of rotatable bonds is 6. The van der Waals surface area contributed by atoms with Crippen LogP contribution in [0.25, 0.3) is 0 Å². The second-order valence-electron chi connectivity index (χ2n) is 4.36. The lowest BCUT2D eigenvalue weighted by molar-refractivity contribution is 1.34. The summed E-state index contributed by atoms with van der Waals surface area (Å²) in [5, 5.41) is 3.13. The molecule has 2 aromatic carbocycles. The molecule has 0 radical (unpaired) electrons. The van der Waals surface area contributed by atoms with E-state index in [0.29, 0.717) is 11.8 Å². The Morgan fingerprint density at radius 1 is 1.23 bits per heavy atom. The van der Waals surface area contributed by atoms with Crippen molar-refractivity contribution >= 4 is 52.5 Å². The van der Waals surface area contributed by atoms with Gasteiger partial charge < -0.3 is 11.1 Å². The highest BCUT2D eigenvalue weighted by Gasteiger charge is 2.03. The van der Waals surface area contributed by atoms with Crippen molar-refractivity contribution in [3.63, 3.8) is 0 Å². The molecule has 0 saturated carbocycles. The zero-order chi connectivity index (χ0) is 15.8. The number of nitrogens with zero attached hydrogens (tertiary/aromatic N) is 1. The standard InChI is InChI=1S/C16H18ClN3S2/c1-21-13-6-4-5-12(11-13)19-16(18)20-14-7-2-3-8-15(14)22-10-9-17/h2-8,11H,9-10H2,1H3,(H3,18,19,20). The van der Waals surface area contributed by atoms with Crippen LogP contribution in [0, 0.1) is 0 Å². The zero-order valence-electron chi connectivity index (χ0n) is 12.3. The van der Waals surface area contributed by atoms with Gasteiger partial charge in [-0.25, -0.2) is 4.99 Å². The summed E-state index contributed by atoms with van der Waals surface area (Å²) in [6.07, 6.45) is 2.04. The number of hydrogen-bond acceptors (Lipinski definition) is 3. The number of anilines is 1. The van der Waals surface area contributed by atoms with Crippen LogP contribution < -0.4 is 11.1 Å². The van der Waals surface area contributed by atoms with Crippen molar-refractivity contribution in [3.8, 4) is 0 Å². The first-order valence-corrected chi connectivity index (χ1v) is 9.50. The van der Waals surface area contributed by atoms with E-state index in [4.69, 9.17) is 17.3 Å². The number of thioether (sulfide) groups is 2. The summed E-state index contributed by atoms with van der Waals surface area (Å²) in [5.41, 5.74) is 7.80. The van der Waals surface area contributed by atoms with Gasteiger partial charge in [0.25, 0.3) is 0 Å². The van der Waals surface area contributed by atoms with Gasteiger partial charge >= 0.3 is 0 Å². The van der Waals surface area contributed by atoms with E-state index in [2.05, 4.69) is 16.4 Å². The fourth-order valence-corrected chi connectivity index (χ4v) is 3.25. The highest BCUT2D eigenvalue weighted by Crippen LogP contribution is 2.29. The van der Waals surface area contributed by atoms with E-state index in [1.807, 2.05) is 48.7 Å². The summed E-state index contributed by atoms with van der Waals surface area (Å²) >= 11 is 9.11. The van der Waals surface area contributed by atoms with Crippen molar-refractivity contribution in [1.82, 2.24) is 0 Å². The van der Waals surface area contributed by atoms with Crippen molar-refractivity contribution in [1.29, 1.82) is 0 Å². The number of benzene rings is 2. The fourth-order valence-electron chi connectivity index (χ4n) is 1.83. The van der Waals surface area contributed by atoms with Crippen molar-refractivity contribution in [2.45, 2.75) is 9.79 Å². The second kappa shape index (κ2) is 8.98. The Labute approximate surface area is 144 Å². The Kier molecular flexibility index (Phi) is 6.96. The molecule has 2 aromatic rings. The normalized spacial score (nSPS) is 11.5. The average Bonchev–Trinajstić information content (AvgIpc) is 2.54. The summed E-state index contributed by atoms with van der Waals surface area (Å²) in [6.45, 7) is 0. The number of halogens is 1. The zero-order valence-corrected chi connectivity index (χ0v) is 14.6. The van der Waals surface area contributed by atoms with Crippen molar-refractivity contribution in [2.24, 2.45) is 10.7 Å². The Hall–Kier alpha value is -1.30. The fraction of sp³-hybridized carbons (Fsp3) is 0.188. The Morgan fingerprint density at radius 2 is 2.05 bits per heavy atom. The minimum atomic E-state index is 0.372. The summed E-state index contributed by atoms with van der Waals surface area (Å²) in [7, 11) is 0. The second-order valence-corrected chi connectivity index (χ2v) is 6.75. The monoisotopic (exact) mass is 351 g/mol. The van der Waals surface area contributed by atoms with Gasteiger partial charge in [0.15, 0.2) is 5.96 Å². The van der Waals surface area contributed by atoms with Gasteiger partial charge in [-0.3, -0.25) is 0 Å². The summed E-state index contributed by atoms with van der Waals surface area (Å²) < 4.78 is 0. The van der Waals surface area contributed by atoms with E-state index in [-0.39, 0.29) is 0 Å². The first kappa shape index (κ1) is 17.1. The van der Waals surface area contributed by atoms with Crippen LogP contribution in [0.4, 0.5) is 11.4 Å². The average molecular weight is 352 g/mol. The number of aliphatic imine (C=N–C) groups is 1. The lowest BCUT2D eigenvalue weighted by Gasteiger charge is -2.08. The number of alkyl halides is 1. The van der Waals surface area contributed by atoms with Crippen LogP contribution in [-0.4, -0.2) is 23.8 Å². The molecule has 0 aliphatic rings. The largest absolute Gasteiger partial charge is 0.369 e. The van der Waals surface area contributed by atoms with Gasteiger partial charge in [-0.15, -0.1) is 35.1 Å². The molecule has 6 heteroatoms. The van der Waals surface area contributed by atoms with Gasteiger partial charge in [-0.2, -0.15) is 0 Å². The minimum absolute atomic E-state index is 0.372. The number of nitrogens with one attached hydrogen (secondary N) is 1. The van der Waals surface area contributed by atoms with Crippen LogP contribution in [0.5, 0.6) is 0 Å². The molecule has 0 spiro atoms. The first-order valence-electron chi connectivity index (χ1n) is 6.76. The topological polar surface area (TPSA) is 50.4 Å². The van der Waals surface area contributed by atoms with E-state index >= 15 is 0 Å². The number of para-hydroxylation sites is 1. The van der Waals surface area contributed by atoms with Crippen LogP contribution in [0.2, 0.25) is 0 Å². The molecule has 3 nitrogen and oxygen atoms in total. The number of nitrogens with two attached hydrogens (primary N) is 1. The molecule has 0 unspecified atom stereocenters. The summed E-state index contributed by atoms with van der Waals surface area (Å²) in [5.74, 6) is 1.83. The highest BCUT2D eigenvalue weighted by atomic mass is 35.5. The molecule has 22 heavy (non-hydrogen) atoms. The highest BCUT2D eigenvalue weighted by molar-refractivity contribution is 7.99. The summed E-state index contributed by atoms with van der Waals surface area (Å²) in [6, 6.07) is 16.0. The predicted octanol–water partition coefficient (Wildman–Crippen LogP) is 4.80. The Morgan fingerprint density at radius 3 is 2.82 bits per heavy atom. The number of hydrogen-bond donors (Lipinski definition) is 2. The van der Waals surface area contributed by atoms with Crippen LogP contribution in [0.3, 0.4) is 0 Å². The molecule has 2 rings (SSSR count). The molecule has 0 aliphatic heterocycles. The maximum Gasteiger partial charge on any atom is 0.198 e. The van der Waals surface area contributed by atoms with E-state index < -0.39 is 0 Å². The Bertz CT molecular complexity index is 647. The Balaban J connectivity index is 2.14. The third-order valence-electron chi connectivity index (χ3n) is 2.78. The van der Waals surface area contributed by atoms with Crippen LogP contribution in [0.1, 0.15) is 0 Å². The maximum atomic E-state index is 6.02. The van der Waals surface area contributed by atoms with Gasteiger partial charge in [0, 0.05) is 27.1 Å². The summed E-state index contributed by atoms with van der Waals surface area (Å²) in [4.78, 5) is 6.73. The van der Waals surface area contributed by atoms with Gasteiger partial charge in [-0.1, -0.05) is 18.2 Å². The molecule has 0 saturated heterocycles. The lowest BCUT2D eigenvalue weighted by Crippen LogP contribution is -2.21. The molecular weight excluding hydrogens is 334 g/mol. The molecular formula is C16H18ClN3S2. The van der Waals surface area contributed by atoms with Crippen LogP contribution in [0.15, 0.2) is 63.3 Å². The molecule has 0 heterocycles. The van der Waals surface area contributed by atoms with Crippen molar-refractivity contribution in [3.05, 3.63) is 48.5 Å². The van der Waals surface area contributed by atoms with E-state index in [0.717, 1.165) is 22.0 Å². The molecule has 0 fully saturated rings. The molecule has 0 amide bonds. The van der Waals surface area contributed by atoms with Crippen molar-refractivity contribution in [2.75, 3.05) is 23.2 Å². The molecule has 3 N–H and O–H groups in total. The van der Waals surface area contributed by atoms with E-state index in [1.54, 1.807) is 23.5 Å². The van der Waals surface area contributed by atoms with Crippen LogP contribution >= 0.6 is 35.1 Å². The predicted molar refractivity (Wildman–Crippen MR) is 101 cm³/mol. The van der Waals surface area contributed by atoms with Crippen molar-refractivity contribution < 1.29 is 0 Å². The van der Waals surface area contributed by atoms with Gasteiger partial charge in [0.2, 0.25) is 0 Å². The van der Waals surface area contributed by atoms with Crippen LogP contribution in [-0.2, 0) is 0 Å². The van der Waals surface area contributed by atoms with Gasteiger partial charge in [-0.05, 0) is 36.6 Å². The van der Waals surface area contributed by atoms with E-state index in [9.17, 15) is 0 Å². The third kappa shape index (κ3) is 5.16. The van der Waals surface area contributed by atoms with Gasteiger partial charge in [0.1, 0.15) is 0 Å². The quantitative estimate of drug-likeness (QED) is 0.340. The smallest absolute Gasteiger partial charge is 0.198 e. The first-order chi connectivity index (χ1) is 10.7.